The Morgan fingerprint density at radius 1 is 1.04 bits per heavy atom. The van der Waals surface area contributed by atoms with Gasteiger partial charge in [-0.05, 0) is 29.8 Å². The zero-order chi connectivity index (χ0) is 19.5. The Hall–Kier alpha value is -2.90. The van der Waals surface area contributed by atoms with Crippen LogP contribution in [0.4, 0.5) is 5.69 Å². The number of hydrogen-bond acceptors (Lipinski definition) is 5. The molecule has 0 aliphatic carbocycles. The molecule has 0 saturated carbocycles. The molecule has 0 bridgehead atoms. The molecule has 0 heterocycles. The number of hydrogen-bond donors (Lipinski definition) is 4. The van der Waals surface area contributed by atoms with E-state index in [4.69, 9.17) is 4.74 Å². The van der Waals surface area contributed by atoms with E-state index in [1.807, 2.05) is 30.3 Å². The fourth-order valence-corrected chi connectivity index (χ4v) is 2.48. The first kappa shape index (κ1) is 20.4. The zero-order valence-corrected chi connectivity index (χ0v) is 15.3. The lowest BCUT2D eigenvalue weighted by molar-refractivity contribution is -0.141. The van der Waals surface area contributed by atoms with Crippen molar-refractivity contribution in [2.24, 2.45) is 0 Å². The molecule has 2 aromatic carbocycles. The van der Waals surface area contributed by atoms with Crippen molar-refractivity contribution in [1.29, 1.82) is 0 Å². The molecule has 0 unspecified atom stereocenters. The van der Waals surface area contributed by atoms with Crippen molar-refractivity contribution in [3.63, 3.8) is 0 Å². The van der Waals surface area contributed by atoms with Crippen LogP contribution in [0.25, 0.3) is 0 Å². The van der Waals surface area contributed by atoms with E-state index >= 15 is 0 Å². The number of carboxylic acid groups (broad SMARTS) is 1. The molecule has 1 atom stereocenters. The second kappa shape index (κ2) is 10.9. The van der Waals surface area contributed by atoms with Gasteiger partial charge in [0, 0.05) is 25.3 Å². The van der Waals surface area contributed by atoms with Crippen LogP contribution in [-0.4, -0.2) is 43.2 Å². The molecule has 0 spiro atoms. The summed E-state index contributed by atoms with van der Waals surface area (Å²) in [7, 11) is 1.56. The molecule has 0 aliphatic rings. The number of methoxy groups -OCH3 is 1. The normalized spacial score (nSPS) is 11.6. The number of carbonyl (C=O) groups is 2. The number of amides is 1. The molecular weight excluding hydrogens is 346 g/mol. The van der Waals surface area contributed by atoms with Crippen LogP contribution in [0.5, 0.6) is 5.75 Å². The van der Waals surface area contributed by atoms with Crippen LogP contribution in [-0.2, 0) is 16.1 Å². The first-order valence-corrected chi connectivity index (χ1v) is 8.73. The van der Waals surface area contributed by atoms with Crippen LogP contribution in [0, 0.1) is 0 Å². The van der Waals surface area contributed by atoms with Crippen molar-refractivity contribution in [1.82, 2.24) is 10.6 Å². The van der Waals surface area contributed by atoms with Crippen molar-refractivity contribution in [2.75, 3.05) is 25.5 Å². The van der Waals surface area contributed by atoms with E-state index in [-0.39, 0.29) is 12.3 Å². The van der Waals surface area contributed by atoms with Crippen LogP contribution < -0.4 is 20.7 Å². The van der Waals surface area contributed by atoms with Crippen molar-refractivity contribution in [2.45, 2.75) is 19.0 Å². The molecule has 1 amide bonds. The third-order valence-corrected chi connectivity index (χ3v) is 3.93. The fraction of sp³-hybridized carbons (Fsp3) is 0.300. The van der Waals surface area contributed by atoms with Crippen molar-refractivity contribution in [3.8, 4) is 5.75 Å². The van der Waals surface area contributed by atoms with Gasteiger partial charge < -0.3 is 25.8 Å². The van der Waals surface area contributed by atoms with Crippen molar-refractivity contribution >= 4 is 17.6 Å². The summed E-state index contributed by atoms with van der Waals surface area (Å²) in [4.78, 5) is 23.5. The molecule has 7 heteroatoms. The lowest BCUT2D eigenvalue weighted by Crippen LogP contribution is -2.42. The number of aliphatic carboxylic acids is 1. The molecule has 2 rings (SSSR count). The number of rotatable bonds is 11. The maximum atomic E-state index is 12.1. The van der Waals surface area contributed by atoms with Crippen LogP contribution in [0.15, 0.2) is 54.6 Å². The zero-order valence-electron chi connectivity index (χ0n) is 15.3. The quantitative estimate of drug-likeness (QED) is 0.450. The average Bonchev–Trinajstić information content (AvgIpc) is 2.68. The third kappa shape index (κ3) is 7.47. The number of ether oxygens (including phenoxy) is 1. The maximum absolute atomic E-state index is 12.1. The van der Waals surface area contributed by atoms with Gasteiger partial charge in [-0.1, -0.05) is 30.3 Å². The van der Waals surface area contributed by atoms with Crippen LogP contribution in [0.3, 0.4) is 0 Å². The molecule has 0 aromatic heterocycles. The summed E-state index contributed by atoms with van der Waals surface area (Å²) >= 11 is 0. The Morgan fingerprint density at radius 3 is 2.37 bits per heavy atom. The van der Waals surface area contributed by atoms with Gasteiger partial charge in [0.15, 0.2) is 0 Å². The lowest BCUT2D eigenvalue weighted by Gasteiger charge is -2.15. The highest BCUT2D eigenvalue weighted by Gasteiger charge is 2.20. The Bertz CT molecular complexity index is 720. The average molecular weight is 371 g/mol. The SMILES string of the molecule is COc1ccc(NC(=O)C[C@H](NCCNCc2ccccc2)C(=O)O)cc1. The maximum Gasteiger partial charge on any atom is 0.321 e. The van der Waals surface area contributed by atoms with E-state index in [1.165, 1.54) is 0 Å². The molecular formula is C20H25N3O4. The number of carbonyl (C=O) groups excluding carboxylic acids is 1. The second-order valence-corrected chi connectivity index (χ2v) is 5.99. The van der Waals surface area contributed by atoms with Gasteiger partial charge in [-0.2, -0.15) is 0 Å². The fourth-order valence-electron chi connectivity index (χ4n) is 2.48. The van der Waals surface area contributed by atoms with Gasteiger partial charge in [-0.25, -0.2) is 0 Å². The molecule has 0 aliphatic heterocycles. The number of anilines is 1. The highest BCUT2D eigenvalue weighted by atomic mass is 16.5. The summed E-state index contributed by atoms with van der Waals surface area (Å²) in [5, 5.41) is 18.1. The van der Waals surface area contributed by atoms with E-state index in [9.17, 15) is 14.7 Å². The summed E-state index contributed by atoms with van der Waals surface area (Å²) in [6.45, 7) is 1.75. The van der Waals surface area contributed by atoms with Gasteiger partial charge >= 0.3 is 5.97 Å². The minimum atomic E-state index is -1.05. The van der Waals surface area contributed by atoms with E-state index in [1.54, 1.807) is 31.4 Å². The Labute approximate surface area is 158 Å². The molecule has 0 fully saturated rings. The van der Waals surface area contributed by atoms with Gasteiger partial charge in [-0.3, -0.25) is 9.59 Å². The topological polar surface area (TPSA) is 99.7 Å². The summed E-state index contributed by atoms with van der Waals surface area (Å²) < 4.78 is 5.06. The first-order valence-electron chi connectivity index (χ1n) is 8.73. The van der Waals surface area contributed by atoms with Gasteiger partial charge in [0.1, 0.15) is 11.8 Å². The van der Waals surface area contributed by atoms with Crippen LogP contribution in [0.2, 0.25) is 0 Å². The van der Waals surface area contributed by atoms with Gasteiger partial charge in [0.25, 0.3) is 0 Å². The van der Waals surface area contributed by atoms with Crippen LogP contribution in [0.1, 0.15) is 12.0 Å². The molecule has 0 saturated heterocycles. The minimum Gasteiger partial charge on any atom is -0.497 e. The van der Waals surface area contributed by atoms with Gasteiger partial charge in [0.2, 0.25) is 5.91 Å². The molecule has 0 radical (unpaired) electrons. The van der Waals surface area contributed by atoms with Crippen LogP contribution >= 0.6 is 0 Å². The molecule has 4 N–H and O–H groups in total. The number of benzene rings is 2. The predicted molar refractivity (Wildman–Crippen MR) is 104 cm³/mol. The van der Waals surface area contributed by atoms with Crippen molar-refractivity contribution in [3.05, 3.63) is 60.2 Å². The monoisotopic (exact) mass is 371 g/mol. The lowest BCUT2D eigenvalue weighted by atomic mass is 10.2. The predicted octanol–water partition coefficient (Wildman–Crippen LogP) is 1.86. The first-order chi connectivity index (χ1) is 13.1. The van der Waals surface area contributed by atoms with Gasteiger partial charge in [-0.15, -0.1) is 0 Å². The van der Waals surface area contributed by atoms with E-state index < -0.39 is 12.0 Å². The Balaban J connectivity index is 1.72. The Kier molecular flexibility index (Phi) is 8.28. The summed E-state index contributed by atoms with van der Waals surface area (Å²) in [5.74, 6) is -0.735. The highest BCUT2D eigenvalue weighted by Crippen LogP contribution is 2.15. The largest absolute Gasteiger partial charge is 0.497 e. The molecule has 2 aromatic rings. The third-order valence-electron chi connectivity index (χ3n) is 3.93. The Morgan fingerprint density at radius 2 is 1.74 bits per heavy atom. The molecule has 27 heavy (non-hydrogen) atoms. The molecule has 144 valence electrons. The molecule has 7 nitrogen and oxygen atoms in total. The van der Waals surface area contributed by atoms with E-state index in [2.05, 4.69) is 16.0 Å². The highest BCUT2D eigenvalue weighted by molar-refractivity contribution is 5.94. The summed E-state index contributed by atoms with van der Waals surface area (Å²) in [6, 6.07) is 15.8. The van der Waals surface area contributed by atoms with E-state index in [0.29, 0.717) is 31.1 Å². The minimum absolute atomic E-state index is 0.153. The van der Waals surface area contributed by atoms with Crippen molar-refractivity contribution < 1.29 is 19.4 Å². The standard InChI is InChI=1S/C20H25N3O4/c1-27-17-9-7-16(8-10-17)23-19(24)13-18(20(25)26)22-12-11-21-14-15-5-3-2-4-6-15/h2-10,18,21-22H,11-14H2,1H3,(H,23,24)(H,25,26)/t18-/m0/s1. The smallest absolute Gasteiger partial charge is 0.321 e. The second-order valence-electron chi connectivity index (χ2n) is 5.99. The van der Waals surface area contributed by atoms with Gasteiger partial charge in [0.05, 0.1) is 13.5 Å². The summed E-state index contributed by atoms with van der Waals surface area (Å²) in [6.07, 6.45) is -0.153. The van der Waals surface area contributed by atoms with E-state index in [0.717, 1.165) is 5.56 Å². The summed E-state index contributed by atoms with van der Waals surface area (Å²) in [5.41, 5.74) is 1.75. The number of nitrogens with one attached hydrogen (secondary N) is 3. The number of carboxylic acids is 1.